The lowest BCUT2D eigenvalue weighted by Crippen LogP contribution is -2.25. The number of amides is 1. The van der Waals surface area contributed by atoms with Crippen LogP contribution in [0.1, 0.15) is 28.5 Å². The van der Waals surface area contributed by atoms with Gasteiger partial charge in [0.15, 0.2) is 0 Å². The predicted octanol–water partition coefficient (Wildman–Crippen LogP) is 2.07. The van der Waals surface area contributed by atoms with Crippen LogP contribution in [0.15, 0.2) is 42.6 Å². The molecular formula is C16H18N2O3. The van der Waals surface area contributed by atoms with Gasteiger partial charge in [-0.3, -0.25) is 9.59 Å². The van der Waals surface area contributed by atoms with Crippen LogP contribution in [-0.4, -0.2) is 21.6 Å². The maximum absolute atomic E-state index is 12.1. The van der Waals surface area contributed by atoms with E-state index in [1.807, 2.05) is 35.9 Å². The summed E-state index contributed by atoms with van der Waals surface area (Å²) >= 11 is 0. The summed E-state index contributed by atoms with van der Waals surface area (Å²) in [6, 6.07) is 10.8. The van der Waals surface area contributed by atoms with Crippen molar-refractivity contribution in [3.63, 3.8) is 0 Å². The van der Waals surface area contributed by atoms with Crippen molar-refractivity contribution in [2.24, 2.45) is 0 Å². The number of aryl methyl sites for hydroxylation is 1. The first-order valence-electron chi connectivity index (χ1n) is 6.83. The summed E-state index contributed by atoms with van der Waals surface area (Å²) in [6.45, 7) is 3.02. The first-order valence-corrected chi connectivity index (χ1v) is 6.83. The number of rotatable bonds is 6. The molecule has 0 unspecified atom stereocenters. The van der Waals surface area contributed by atoms with Gasteiger partial charge >= 0.3 is 5.97 Å². The topological polar surface area (TPSA) is 71.3 Å². The highest BCUT2D eigenvalue weighted by molar-refractivity contribution is 5.92. The number of hydrogen-bond acceptors (Lipinski definition) is 2. The summed E-state index contributed by atoms with van der Waals surface area (Å²) in [4.78, 5) is 23.0. The fraction of sp³-hybridized carbons (Fsp3) is 0.250. The molecule has 0 fully saturated rings. The maximum Gasteiger partial charge on any atom is 0.307 e. The van der Waals surface area contributed by atoms with Crippen LogP contribution in [0.5, 0.6) is 0 Å². The summed E-state index contributed by atoms with van der Waals surface area (Å²) in [5.41, 5.74) is 2.15. The van der Waals surface area contributed by atoms with Gasteiger partial charge in [-0.1, -0.05) is 24.3 Å². The average Bonchev–Trinajstić information content (AvgIpc) is 2.94. The molecule has 1 aromatic carbocycles. The van der Waals surface area contributed by atoms with Crippen molar-refractivity contribution < 1.29 is 14.7 Å². The predicted molar refractivity (Wildman–Crippen MR) is 79.1 cm³/mol. The van der Waals surface area contributed by atoms with Gasteiger partial charge in [-0.2, -0.15) is 0 Å². The van der Waals surface area contributed by atoms with E-state index in [2.05, 4.69) is 5.32 Å². The third kappa shape index (κ3) is 3.72. The summed E-state index contributed by atoms with van der Waals surface area (Å²) in [7, 11) is 0. The number of aromatic nitrogens is 1. The van der Waals surface area contributed by atoms with Crippen molar-refractivity contribution in [3.05, 3.63) is 59.4 Å². The lowest BCUT2D eigenvalue weighted by Gasteiger charge is -2.10. The molecule has 0 radical (unpaired) electrons. The van der Waals surface area contributed by atoms with E-state index >= 15 is 0 Å². The molecule has 110 valence electrons. The second kappa shape index (κ2) is 6.74. The zero-order valence-electron chi connectivity index (χ0n) is 11.9. The van der Waals surface area contributed by atoms with E-state index in [0.717, 1.165) is 17.7 Å². The zero-order valence-corrected chi connectivity index (χ0v) is 11.9. The molecule has 0 aliphatic heterocycles. The normalized spacial score (nSPS) is 10.3. The molecule has 0 saturated heterocycles. The molecule has 21 heavy (non-hydrogen) atoms. The van der Waals surface area contributed by atoms with Crippen LogP contribution < -0.4 is 5.32 Å². The Hall–Kier alpha value is -2.56. The Bertz CT molecular complexity index is 646. The minimum absolute atomic E-state index is 0.0443. The minimum Gasteiger partial charge on any atom is -0.481 e. The Balaban J connectivity index is 2.06. The lowest BCUT2D eigenvalue weighted by molar-refractivity contribution is -0.136. The number of carboxylic acids is 1. The lowest BCUT2D eigenvalue weighted by atomic mass is 10.0. The highest BCUT2D eigenvalue weighted by atomic mass is 16.4. The molecule has 1 heterocycles. The van der Waals surface area contributed by atoms with Crippen molar-refractivity contribution in [2.75, 3.05) is 0 Å². The second-order valence-electron chi connectivity index (χ2n) is 4.70. The van der Waals surface area contributed by atoms with Crippen LogP contribution in [0.2, 0.25) is 0 Å². The average molecular weight is 286 g/mol. The van der Waals surface area contributed by atoms with Crippen molar-refractivity contribution >= 4 is 11.9 Å². The Morgan fingerprint density at radius 3 is 2.52 bits per heavy atom. The van der Waals surface area contributed by atoms with Crippen molar-refractivity contribution in [1.29, 1.82) is 0 Å². The number of benzene rings is 1. The summed E-state index contributed by atoms with van der Waals surface area (Å²) < 4.78 is 1.86. The van der Waals surface area contributed by atoms with Crippen LogP contribution in [-0.2, 0) is 24.3 Å². The number of hydrogen-bond donors (Lipinski definition) is 2. The van der Waals surface area contributed by atoms with E-state index in [1.54, 1.807) is 18.2 Å². The number of carbonyl (C=O) groups is 2. The highest BCUT2D eigenvalue weighted by Crippen LogP contribution is 2.10. The second-order valence-corrected chi connectivity index (χ2v) is 4.70. The minimum atomic E-state index is -0.881. The Kier molecular flexibility index (Phi) is 4.77. The van der Waals surface area contributed by atoms with Gasteiger partial charge in [0.05, 0.1) is 6.42 Å². The standard InChI is InChI=1S/C16H18N2O3/c1-2-18-9-5-8-14(18)16(21)17-11-13-7-4-3-6-12(13)10-15(19)20/h3-9H,2,10-11H2,1H3,(H,17,21)(H,19,20). The molecule has 5 nitrogen and oxygen atoms in total. The maximum atomic E-state index is 12.1. The highest BCUT2D eigenvalue weighted by Gasteiger charge is 2.11. The van der Waals surface area contributed by atoms with Crippen LogP contribution in [0.25, 0.3) is 0 Å². The molecule has 5 heteroatoms. The van der Waals surface area contributed by atoms with Gasteiger partial charge in [-0.25, -0.2) is 0 Å². The molecule has 1 aromatic heterocycles. The molecule has 0 bridgehead atoms. The molecule has 2 aromatic rings. The number of carbonyl (C=O) groups excluding carboxylic acids is 1. The van der Waals surface area contributed by atoms with E-state index in [1.165, 1.54) is 0 Å². The quantitative estimate of drug-likeness (QED) is 0.854. The molecule has 0 saturated carbocycles. The van der Waals surface area contributed by atoms with Crippen LogP contribution in [0, 0.1) is 0 Å². The Morgan fingerprint density at radius 1 is 1.14 bits per heavy atom. The summed E-state index contributed by atoms with van der Waals surface area (Å²) in [5.74, 6) is -1.04. The number of nitrogens with zero attached hydrogens (tertiary/aromatic N) is 1. The largest absolute Gasteiger partial charge is 0.481 e. The number of aliphatic carboxylic acids is 1. The Labute approximate surface area is 123 Å². The summed E-state index contributed by atoms with van der Waals surface area (Å²) in [6.07, 6.45) is 1.81. The zero-order chi connectivity index (χ0) is 15.2. The van der Waals surface area contributed by atoms with Gasteiger partial charge in [0.2, 0.25) is 0 Å². The molecule has 0 spiro atoms. The molecule has 1 amide bonds. The monoisotopic (exact) mass is 286 g/mol. The third-order valence-electron chi connectivity index (χ3n) is 3.30. The van der Waals surface area contributed by atoms with Gasteiger partial charge in [-0.15, -0.1) is 0 Å². The van der Waals surface area contributed by atoms with Crippen LogP contribution in [0.3, 0.4) is 0 Å². The summed E-state index contributed by atoms with van der Waals surface area (Å²) in [5, 5.41) is 11.7. The van der Waals surface area contributed by atoms with Crippen molar-refractivity contribution in [2.45, 2.75) is 26.4 Å². The van der Waals surface area contributed by atoms with E-state index in [-0.39, 0.29) is 12.3 Å². The first-order chi connectivity index (χ1) is 10.1. The van der Waals surface area contributed by atoms with Crippen LogP contribution >= 0.6 is 0 Å². The SMILES string of the molecule is CCn1cccc1C(=O)NCc1ccccc1CC(=O)O. The number of carboxylic acid groups (broad SMARTS) is 1. The van der Waals surface area contributed by atoms with Crippen LogP contribution in [0.4, 0.5) is 0 Å². The molecule has 2 rings (SSSR count). The van der Waals surface area contributed by atoms with Gasteiger partial charge in [0.25, 0.3) is 5.91 Å². The van der Waals surface area contributed by atoms with E-state index < -0.39 is 5.97 Å². The van der Waals surface area contributed by atoms with E-state index in [4.69, 9.17) is 5.11 Å². The van der Waals surface area contributed by atoms with Crippen molar-refractivity contribution in [3.8, 4) is 0 Å². The smallest absolute Gasteiger partial charge is 0.307 e. The Morgan fingerprint density at radius 2 is 1.86 bits per heavy atom. The molecule has 0 aliphatic carbocycles. The van der Waals surface area contributed by atoms with E-state index in [9.17, 15) is 9.59 Å². The van der Waals surface area contributed by atoms with Crippen molar-refractivity contribution in [1.82, 2.24) is 9.88 Å². The molecule has 0 atom stereocenters. The fourth-order valence-electron chi connectivity index (χ4n) is 2.23. The van der Waals surface area contributed by atoms with Gasteiger partial charge in [0.1, 0.15) is 5.69 Å². The molecule has 2 N–H and O–H groups in total. The third-order valence-corrected chi connectivity index (χ3v) is 3.30. The molecule has 0 aliphatic rings. The number of nitrogens with one attached hydrogen (secondary N) is 1. The molecular weight excluding hydrogens is 268 g/mol. The van der Waals surface area contributed by atoms with Gasteiger partial charge in [-0.05, 0) is 30.2 Å². The van der Waals surface area contributed by atoms with Gasteiger partial charge in [0, 0.05) is 19.3 Å². The first kappa shape index (κ1) is 14.8. The fourth-order valence-corrected chi connectivity index (χ4v) is 2.23. The van der Waals surface area contributed by atoms with Gasteiger partial charge < -0.3 is 15.0 Å². The van der Waals surface area contributed by atoms with E-state index in [0.29, 0.717) is 12.2 Å².